The van der Waals surface area contributed by atoms with Crippen molar-refractivity contribution in [3.05, 3.63) is 0 Å². The largest absolute Gasteiger partial charge is 0.549 e. The maximum atomic E-state index is 12.5. The van der Waals surface area contributed by atoms with E-state index in [1.807, 2.05) is 0 Å². The maximum absolute atomic E-state index is 12.5. The molecule has 0 fully saturated rings. The van der Waals surface area contributed by atoms with Gasteiger partial charge in [-0.1, -0.05) is 27.7 Å². The molecule has 0 aliphatic heterocycles. The zero-order chi connectivity index (χ0) is 23.6. The average Bonchev–Trinajstić information content (AvgIpc) is 2.61. The number of rotatable bonds is 12. The number of ether oxygens (including phenoxy) is 1. The molecule has 0 aromatic carbocycles. The quantitative estimate of drug-likeness (QED) is 0.145. The first kappa shape index (κ1) is 28.1. The van der Waals surface area contributed by atoms with Gasteiger partial charge in [0.05, 0.1) is 19.0 Å². The Kier molecular flexibility index (Phi) is 11.3. The first-order valence-electron chi connectivity index (χ1n) is 9.56. The van der Waals surface area contributed by atoms with Gasteiger partial charge in [0, 0.05) is 18.9 Å². The van der Waals surface area contributed by atoms with Gasteiger partial charge >= 0.3 is 12.1 Å². The van der Waals surface area contributed by atoms with Gasteiger partial charge in [-0.3, -0.25) is 8.98 Å². The van der Waals surface area contributed by atoms with Gasteiger partial charge in [-0.2, -0.15) is 13.2 Å². The lowest BCUT2D eigenvalue weighted by Crippen LogP contribution is -2.55. The van der Waals surface area contributed by atoms with E-state index in [0.717, 1.165) is 0 Å². The van der Waals surface area contributed by atoms with Crippen LogP contribution in [-0.4, -0.2) is 62.7 Å². The molecule has 176 valence electrons. The highest BCUT2D eigenvalue weighted by atomic mass is 32.2. The Morgan fingerprint density at radius 2 is 1.73 bits per heavy atom. The second-order valence-corrected chi connectivity index (χ2v) is 9.60. The van der Waals surface area contributed by atoms with Gasteiger partial charge < -0.3 is 15.2 Å². The van der Waals surface area contributed by atoms with E-state index >= 15 is 0 Å². The van der Waals surface area contributed by atoms with E-state index in [1.165, 1.54) is 27.7 Å². The van der Waals surface area contributed by atoms with Crippen molar-refractivity contribution < 1.29 is 46.6 Å². The van der Waals surface area contributed by atoms with Crippen molar-refractivity contribution in [1.29, 1.82) is 0 Å². The van der Waals surface area contributed by atoms with Gasteiger partial charge in [-0.15, -0.1) is 0 Å². The van der Waals surface area contributed by atoms with E-state index in [-0.39, 0.29) is 43.6 Å². The van der Waals surface area contributed by atoms with Crippen molar-refractivity contribution in [2.24, 2.45) is 11.3 Å². The maximum Gasteiger partial charge on any atom is 0.549 e. The van der Waals surface area contributed by atoms with Crippen LogP contribution in [0.5, 0.6) is 0 Å². The molecule has 1 amide bonds. The van der Waals surface area contributed by atoms with Crippen molar-refractivity contribution in [2.75, 3.05) is 25.5 Å². The first-order chi connectivity index (χ1) is 13.7. The standard InChI is InChI=1S/C18H33NO10S/c1-7-26-16(22)29-28-15(21)18(23,11-13(2)3)17(5,6)12-27-30(24,25)10-8-9-19-14(4)20/h13,23H,7-12H2,1-6H3,(H,19,20)/t18-/m0/s1. The zero-order valence-electron chi connectivity index (χ0n) is 18.3. The molecule has 0 saturated carbocycles. The van der Waals surface area contributed by atoms with Crippen molar-refractivity contribution in [2.45, 2.75) is 60.0 Å². The minimum Gasteiger partial charge on any atom is -0.432 e. The summed E-state index contributed by atoms with van der Waals surface area (Å²) in [7, 11) is -3.98. The van der Waals surface area contributed by atoms with Crippen LogP contribution in [-0.2, 0) is 38.4 Å². The predicted octanol–water partition coefficient (Wildman–Crippen LogP) is 1.29. The van der Waals surface area contributed by atoms with Crippen LogP contribution in [0.1, 0.15) is 54.4 Å². The monoisotopic (exact) mass is 455 g/mol. The van der Waals surface area contributed by atoms with Crippen LogP contribution in [0.15, 0.2) is 0 Å². The van der Waals surface area contributed by atoms with Crippen LogP contribution in [0.25, 0.3) is 0 Å². The molecule has 0 aromatic heterocycles. The lowest BCUT2D eigenvalue weighted by molar-refractivity contribution is -0.268. The molecule has 0 unspecified atom stereocenters. The molecule has 11 nitrogen and oxygen atoms in total. The molecule has 12 heteroatoms. The predicted molar refractivity (Wildman–Crippen MR) is 105 cm³/mol. The van der Waals surface area contributed by atoms with Crippen LogP contribution in [0.3, 0.4) is 0 Å². The van der Waals surface area contributed by atoms with Crippen LogP contribution in [0, 0.1) is 11.3 Å². The van der Waals surface area contributed by atoms with Gasteiger partial charge in [0.25, 0.3) is 10.1 Å². The van der Waals surface area contributed by atoms with Crippen molar-refractivity contribution >= 4 is 28.1 Å². The fourth-order valence-electron chi connectivity index (χ4n) is 2.44. The third kappa shape index (κ3) is 9.72. The molecule has 0 saturated heterocycles. The van der Waals surface area contributed by atoms with Crippen LogP contribution in [0.4, 0.5) is 4.79 Å². The summed E-state index contributed by atoms with van der Waals surface area (Å²) in [5, 5.41) is 13.5. The SMILES string of the molecule is CCOC(=O)OOC(=O)[C@@](O)(CC(C)C)C(C)(C)COS(=O)(=O)CCCNC(C)=O. The molecule has 30 heavy (non-hydrogen) atoms. The second kappa shape index (κ2) is 12.1. The Bertz CT molecular complexity index is 689. The minimum absolute atomic E-state index is 0.00816. The Morgan fingerprint density at radius 1 is 1.13 bits per heavy atom. The molecule has 0 aromatic rings. The van der Waals surface area contributed by atoms with Crippen molar-refractivity contribution in [1.82, 2.24) is 5.32 Å². The van der Waals surface area contributed by atoms with Gasteiger partial charge in [0.2, 0.25) is 5.91 Å². The summed E-state index contributed by atoms with van der Waals surface area (Å²) in [6.45, 7) is 8.78. The van der Waals surface area contributed by atoms with E-state index in [4.69, 9.17) is 4.18 Å². The van der Waals surface area contributed by atoms with E-state index in [0.29, 0.717) is 0 Å². The number of nitrogens with one attached hydrogen (secondary N) is 1. The van der Waals surface area contributed by atoms with Gasteiger partial charge in [0.15, 0.2) is 5.60 Å². The fourth-order valence-corrected chi connectivity index (χ4v) is 3.53. The molecule has 1 atom stereocenters. The van der Waals surface area contributed by atoms with E-state index in [2.05, 4.69) is 19.8 Å². The Hall–Kier alpha value is -1.92. The third-order valence-electron chi connectivity index (χ3n) is 4.15. The van der Waals surface area contributed by atoms with Gasteiger partial charge in [0.1, 0.15) is 0 Å². The topological polar surface area (TPSA) is 155 Å². The van der Waals surface area contributed by atoms with E-state index < -0.39 is 39.9 Å². The summed E-state index contributed by atoms with van der Waals surface area (Å²) >= 11 is 0. The highest BCUT2D eigenvalue weighted by molar-refractivity contribution is 7.86. The van der Waals surface area contributed by atoms with Crippen LogP contribution < -0.4 is 5.32 Å². The summed E-state index contributed by atoms with van der Waals surface area (Å²) < 4.78 is 33.7. The average molecular weight is 456 g/mol. The highest BCUT2D eigenvalue weighted by Gasteiger charge is 2.53. The number of hydrogen-bond acceptors (Lipinski definition) is 10. The smallest absolute Gasteiger partial charge is 0.432 e. The van der Waals surface area contributed by atoms with Gasteiger partial charge in [-0.05, 0) is 25.7 Å². The molecule has 0 aliphatic carbocycles. The third-order valence-corrected chi connectivity index (χ3v) is 5.42. The highest BCUT2D eigenvalue weighted by Crippen LogP contribution is 2.38. The Balaban J connectivity index is 5.18. The Morgan fingerprint density at radius 3 is 2.23 bits per heavy atom. The lowest BCUT2D eigenvalue weighted by Gasteiger charge is -2.40. The van der Waals surface area contributed by atoms with Crippen LogP contribution >= 0.6 is 0 Å². The van der Waals surface area contributed by atoms with Crippen LogP contribution in [0.2, 0.25) is 0 Å². The molecule has 0 spiro atoms. The van der Waals surface area contributed by atoms with Gasteiger partial charge in [-0.25, -0.2) is 14.6 Å². The normalized spacial score (nSPS) is 14.0. The second-order valence-electron chi connectivity index (χ2n) is 7.84. The summed E-state index contributed by atoms with van der Waals surface area (Å²) in [4.78, 5) is 43.2. The first-order valence-corrected chi connectivity index (χ1v) is 11.1. The molecular weight excluding hydrogens is 422 g/mol. The fraction of sp³-hybridized carbons (Fsp3) is 0.833. The zero-order valence-corrected chi connectivity index (χ0v) is 19.2. The summed E-state index contributed by atoms with van der Waals surface area (Å²) in [5.41, 5.74) is -3.66. The molecule has 0 heterocycles. The minimum atomic E-state index is -3.98. The lowest BCUT2D eigenvalue weighted by atomic mass is 9.71. The number of hydrogen-bond donors (Lipinski definition) is 2. The molecule has 0 rings (SSSR count). The van der Waals surface area contributed by atoms with Crippen molar-refractivity contribution in [3.8, 4) is 0 Å². The molecular formula is C18H33NO10S. The Labute approximate surface area is 177 Å². The number of amides is 1. The summed E-state index contributed by atoms with van der Waals surface area (Å²) in [6.07, 6.45) is -1.24. The van der Waals surface area contributed by atoms with Crippen molar-refractivity contribution in [3.63, 3.8) is 0 Å². The van der Waals surface area contributed by atoms with E-state index in [9.17, 15) is 27.9 Å². The van der Waals surface area contributed by atoms with E-state index in [1.54, 1.807) is 13.8 Å². The summed E-state index contributed by atoms with van der Waals surface area (Å²) in [5.74, 6) is -2.11. The molecule has 0 bridgehead atoms. The number of carbonyl (C=O) groups is 3. The number of aliphatic hydroxyl groups is 1. The molecule has 0 radical (unpaired) electrons. The molecule has 2 N–H and O–H groups in total. The molecule has 0 aliphatic rings. The summed E-state index contributed by atoms with van der Waals surface area (Å²) in [6, 6.07) is 0. The number of carbonyl (C=O) groups excluding carboxylic acids is 3.